The van der Waals surface area contributed by atoms with Crippen LogP contribution in [0.1, 0.15) is 13.2 Å². The lowest BCUT2D eigenvalue weighted by Crippen LogP contribution is -2.25. The summed E-state index contributed by atoms with van der Waals surface area (Å²) in [5.74, 6) is -0.00899. The molecule has 1 aliphatic heterocycles. The largest absolute Gasteiger partial charge is 0.394 e. The molecule has 0 unspecified atom stereocenters. The minimum absolute atomic E-state index is 0.177. The fraction of sp³-hybridized carbons (Fsp3) is 0.500. The van der Waals surface area contributed by atoms with Crippen LogP contribution in [0.25, 0.3) is 11.0 Å². The van der Waals surface area contributed by atoms with Gasteiger partial charge in [0.25, 0.3) is 5.56 Å². The second-order valence-electron chi connectivity index (χ2n) is 5.04. The Morgan fingerprint density at radius 1 is 1.60 bits per heavy atom. The van der Waals surface area contributed by atoms with Gasteiger partial charge in [0.2, 0.25) is 0 Å². The SMILES string of the molecule is C[C@@H]1[C@H](O)[C@@H](n2cnc3c(=O)[nH]c(N)cc32)O[C@H]1CO. The minimum Gasteiger partial charge on any atom is -0.394 e. The van der Waals surface area contributed by atoms with Gasteiger partial charge in [0.1, 0.15) is 11.9 Å². The smallest absolute Gasteiger partial charge is 0.277 e. The number of rotatable bonds is 2. The van der Waals surface area contributed by atoms with Crippen LogP contribution < -0.4 is 11.3 Å². The van der Waals surface area contributed by atoms with Crippen LogP contribution in [0.15, 0.2) is 17.2 Å². The van der Waals surface area contributed by atoms with Gasteiger partial charge in [-0.25, -0.2) is 4.98 Å². The van der Waals surface area contributed by atoms with Crippen molar-refractivity contribution in [3.8, 4) is 0 Å². The number of aliphatic hydroxyl groups is 2. The van der Waals surface area contributed by atoms with E-state index >= 15 is 0 Å². The second kappa shape index (κ2) is 4.58. The average molecular weight is 280 g/mol. The summed E-state index contributed by atoms with van der Waals surface area (Å²) in [6.45, 7) is 1.62. The number of imidazole rings is 1. The normalized spacial score (nSPS) is 30.1. The molecule has 1 saturated heterocycles. The number of nitrogens with zero attached hydrogens (tertiary/aromatic N) is 2. The topological polar surface area (TPSA) is 126 Å². The zero-order valence-corrected chi connectivity index (χ0v) is 10.9. The number of nitrogens with one attached hydrogen (secondary N) is 1. The molecule has 2 aromatic rings. The van der Waals surface area contributed by atoms with E-state index in [1.54, 1.807) is 17.6 Å². The molecule has 2 aromatic heterocycles. The standard InChI is InChI=1S/C12H16N4O4/c1-5-7(3-17)20-12(10(5)18)16-4-14-9-6(16)2-8(13)15-11(9)19/h2,4-5,7,10,12,17-18H,3H2,1H3,(H3,13,15,19)/t5-,7-,10-,12-/m0/s1. The summed E-state index contributed by atoms with van der Waals surface area (Å²) < 4.78 is 7.20. The Bertz CT molecular complexity index is 694. The lowest BCUT2D eigenvalue weighted by molar-refractivity contribution is -0.0489. The van der Waals surface area contributed by atoms with Crippen molar-refractivity contribution in [1.82, 2.24) is 14.5 Å². The van der Waals surface area contributed by atoms with Gasteiger partial charge in [0.05, 0.1) is 24.6 Å². The molecule has 8 nitrogen and oxygen atoms in total. The van der Waals surface area contributed by atoms with Gasteiger partial charge < -0.3 is 30.2 Å². The summed E-state index contributed by atoms with van der Waals surface area (Å²) in [6.07, 6.45) is -0.523. The van der Waals surface area contributed by atoms with Gasteiger partial charge in [-0.05, 0) is 0 Å². The predicted molar refractivity (Wildman–Crippen MR) is 70.9 cm³/mol. The van der Waals surface area contributed by atoms with Crippen molar-refractivity contribution in [1.29, 1.82) is 0 Å². The van der Waals surface area contributed by atoms with Crippen LogP contribution in [0, 0.1) is 5.92 Å². The van der Waals surface area contributed by atoms with Crippen LogP contribution in [0.4, 0.5) is 5.82 Å². The molecule has 8 heteroatoms. The molecule has 0 aliphatic carbocycles. The van der Waals surface area contributed by atoms with Gasteiger partial charge in [0, 0.05) is 12.0 Å². The Morgan fingerprint density at radius 2 is 2.35 bits per heavy atom. The number of nitrogens with two attached hydrogens (primary N) is 1. The van der Waals surface area contributed by atoms with Gasteiger partial charge in [0.15, 0.2) is 11.7 Å². The summed E-state index contributed by atoms with van der Waals surface area (Å²) >= 11 is 0. The number of pyridine rings is 1. The van der Waals surface area contributed by atoms with E-state index in [1.807, 2.05) is 0 Å². The van der Waals surface area contributed by atoms with Crippen LogP contribution in [0.5, 0.6) is 0 Å². The molecule has 0 bridgehead atoms. The van der Waals surface area contributed by atoms with Crippen molar-refractivity contribution < 1.29 is 14.9 Å². The van der Waals surface area contributed by atoms with Crippen molar-refractivity contribution in [3.05, 3.63) is 22.7 Å². The second-order valence-corrected chi connectivity index (χ2v) is 5.04. The summed E-state index contributed by atoms with van der Waals surface area (Å²) in [5.41, 5.74) is 5.95. The Morgan fingerprint density at radius 3 is 3.00 bits per heavy atom. The van der Waals surface area contributed by atoms with Crippen LogP contribution >= 0.6 is 0 Å². The number of hydrogen-bond donors (Lipinski definition) is 4. The first kappa shape index (κ1) is 13.1. The molecule has 3 heterocycles. The molecule has 1 fully saturated rings. The first-order chi connectivity index (χ1) is 9.52. The lowest BCUT2D eigenvalue weighted by Gasteiger charge is -2.17. The number of aromatic nitrogens is 3. The van der Waals surface area contributed by atoms with E-state index in [1.165, 1.54) is 6.33 Å². The summed E-state index contributed by atoms with van der Waals surface area (Å²) in [4.78, 5) is 18.2. The Labute approximate surface area is 113 Å². The average Bonchev–Trinajstić information content (AvgIpc) is 2.93. The third-order valence-electron chi connectivity index (χ3n) is 3.78. The maximum atomic E-state index is 11.7. The highest BCUT2D eigenvalue weighted by molar-refractivity contribution is 5.76. The Hall–Kier alpha value is -1.90. The van der Waals surface area contributed by atoms with E-state index < -0.39 is 24.0 Å². The number of ether oxygens (including phenoxy) is 1. The fourth-order valence-corrected chi connectivity index (χ4v) is 2.57. The molecule has 3 rings (SSSR count). The molecule has 5 N–H and O–H groups in total. The van der Waals surface area contributed by atoms with Crippen LogP contribution in [0.2, 0.25) is 0 Å². The molecule has 0 aromatic carbocycles. The van der Waals surface area contributed by atoms with Crippen LogP contribution in [-0.4, -0.2) is 43.6 Å². The summed E-state index contributed by atoms with van der Waals surface area (Å²) in [6, 6.07) is 1.57. The van der Waals surface area contributed by atoms with Crippen LogP contribution in [0.3, 0.4) is 0 Å². The van der Waals surface area contributed by atoms with Gasteiger partial charge in [-0.15, -0.1) is 0 Å². The molecule has 20 heavy (non-hydrogen) atoms. The third-order valence-corrected chi connectivity index (χ3v) is 3.78. The predicted octanol–water partition coefficient (Wildman–Crippen LogP) is -0.806. The molecule has 108 valence electrons. The maximum Gasteiger partial charge on any atom is 0.277 e. The van der Waals surface area contributed by atoms with E-state index in [9.17, 15) is 15.0 Å². The zero-order valence-electron chi connectivity index (χ0n) is 10.9. The maximum absolute atomic E-state index is 11.7. The van der Waals surface area contributed by atoms with E-state index in [4.69, 9.17) is 10.5 Å². The highest BCUT2D eigenvalue weighted by Crippen LogP contribution is 2.34. The number of anilines is 1. The van der Waals surface area contributed by atoms with E-state index in [2.05, 4.69) is 9.97 Å². The number of aromatic amines is 1. The van der Waals surface area contributed by atoms with Crippen molar-refractivity contribution in [2.24, 2.45) is 5.92 Å². The van der Waals surface area contributed by atoms with E-state index in [0.29, 0.717) is 5.52 Å². The molecule has 0 saturated carbocycles. The van der Waals surface area contributed by atoms with Gasteiger partial charge in [-0.2, -0.15) is 0 Å². The Kier molecular flexibility index (Phi) is 3.00. The first-order valence-electron chi connectivity index (χ1n) is 6.32. The number of aliphatic hydroxyl groups excluding tert-OH is 2. The van der Waals surface area contributed by atoms with Crippen molar-refractivity contribution in [2.75, 3.05) is 12.3 Å². The summed E-state index contributed by atoms with van der Waals surface area (Å²) in [5, 5.41) is 19.5. The number of nitrogen functional groups attached to an aromatic ring is 1. The van der Waals surface area contributed by atoms with E-state index in [-0.39, 0.29) is 23.9 Å². The molecule has 0 spiro atoms. The van der Waals surface area contributed by atoms with Crippen LogP contribution in [-0.2, 0) is 4.74 Å². The van der Waals surface area contributed by atoms with Gasteiger partial charge in [-0.3, -0.25) is 4.79 Å². The minimum atomic E-state index is -0.801. The molecule has 1 aliphatic rings. The monoisotopic (exact) mass is 280 g/mol. The quantitative estimate of drug-likeness (QED) is 0.570. The molecular formula is C12H16N4O4. The van der Waals surface area contributed by atoms with Crippen molar-refractivity contribution in [2.45, 2.75) is 25.4 Å². The summed E-state index contributed by atoms with van der Waals surface area (Å²) in [7, 11) is 0. The molecule has 0 radical (unpaired) electrons. The number of hydrogen-bond acceptors (Lipinski definition) is 6. The molecule has 0 amide bonds. The third kappa shape index (κ3) is 1.80. The highest BCUT2D eigenvalue weighted by atomic mass is 16.5. The molecular weight excluding hydrogens is 264 g/mol. The fourth-order valence-electron chi connectivity index (χ4n) is 2.57. The lowest BCUT2D eigenvalue weighted by atomic mass is 10.0. The highest BCUT2D eigenvalue weighted by Gasteiger charge is 2.41. The van der Waals surface area contributed by atoms with Crippen molar-refractivity contribution in [3.63, 3.8) is 0 Å². The molecule has 4 atom stereocenters. The Balaban J connectivity index is 2.09. The van der Waals surface area contributed by atoms with Crippen molar-refractivity contribution >= 4 is 16.9 Å². The van der Waals surface area contributed by atoms with E-state index in [0.717, 1.165) is 0 Å². The number of fused-ring (bicyclic) bond motifs is 1. The number of H-pyrrole nitrogens is 1. The first-order valence-corrected chi connectivity index (χ1v) is 6.32. The van der Waals surface area contributed by atoms with Gasteiger partial charge >= 0.3 is 0 Å². The van der Waals surface area contributed by atoms with Gasteiger partial charge in [-0.1, -0.05) is 6.92 Å². The zero-order chi connectivity index (χ0) is 14.4.